The maximum atomic E-state index is 13.1. The van der Waals surface area contributed by atoms with E-state index in [-0.39, 0.29) is 30.3 Å². The van der Waals surface area contributed by atoms with E-state index in [1.54, 1.807) is 25.4 Å². The molecule has 7 nitrogen and oxygen atoms in total. The summed E-state index contributed by atoms with van der Waals surface area (Å²) in [7, 11) is 1.63. The fourth-order valence-corrected chi connectivity index (χ4v) is 4.08. The molecule has 1 aliphatic rings. The Morgan fingerprint density at radius 2 is 2.06 bits per heavy atom. The molecule has 8 heteroatoms. The van der Waals surface area contributed by atoms with Crippen LogP contribution in [0, 0.1) is 5.82 Å². The zero-order chi connectivity index (χ0) is 22.5. The summed E-state index contributed by atoms with van der Waals surface area (Å²) < 4.78 is 18.5. The lowest BCUT2D eigenvalue weighted by molar-refractivity contribution is -0.118. The highest BCUT2D eigenvalue weighted by Gasteiger charge is 2.29. The third-order valence-corrected chi connectivity index (χ3v) is 5.62. The highest BCUT2D eigenvalue weighted by Crippen LogP contribution is 2.36. The molecule has 1 amide bonds. The number of nitrogens with one attached hydrogen (secondary N) is 1. The summed E-state index contributed by atoms with van der Waals surface area (Å²) in [6.07, 6.45) is 4.62. The summed E-state index contributed by atoms with van der Waals surface area (Å²) in [5.74, 6) is 0.441. The Kier molecular flexibility index (Phi) is 6.61. The van der Waals surface area contributed by atoms with Crippen molar-refractivity contribution in [2.24, 2.45) is 0 Å². The molecular weight excluding hydrogens is 409 g/mol. The molecule has 0 bridgehead atoms. The van der Waals surface area contributed by atoms with Gasteiger partial charge in [0.05, 0.1) is 25.4 Å². The summed E-state index contributed by atoms with van der Waals surface area (Å²) >= 11 is 0. The molecule has 2 aromatic carbocycles. The molecule has 0 saturated carbocycles. The quantitative estimate of drug-likeness (QED) is 0.607. The smallest absolute Gasteiger partial charge is 0.238 e. The molecule has 0 spiro atoms. The number of methoxy groups -OCH3 is 1. The fraction of sp³-hybridized carbons (Fsp3) is 0.292. The molecule has 1 aliphatic heterocycles. The number of nitrogens with zero attached hydrogens (tertiary/aromatic N) is 3. The van der Waals surface area contributed by atoms with E-state index in [2.05, 4.69) is 20.2 Å². The molecule has 0 aliphatic carbocycles. The van der Waals surface area contributed by atoms with Gasteiger partial charge in [-0.2, -0.15) is 0 Å². The molecule has 0 unspecified atom stereocenters. The first-order chi connectivity index (χ1) is 15.5. The number of likely N-dealkylation sites (tertiary alicyclic amines) is 1. The van der Waals surface area contributed by atoms with Gasteiger partial charge in [0, 0.05) is 17.4 Å². The van der Waals surface area contributed by atoms with Crippen LogP contribution in [0.5, 0.6) is 5.75 Å². The molecule has 32 heavy (non-hydrogen) atoms. The van der Waals surface area contributed by atoms with E-state index >= 15 is 0 Å². The van der Waals surface area contributed by atoms with Crippen LogP contribution >= 0.6 is 0 Å². The van der Waals surface area contributed by atoms with Crippen LogP contribution < -0.4 is 15.8 Å². The first-order valence-corrected chi connectivity index (χ1v) is 10.6. The zero-order valence-electron chi connectivity index (χ0n) is 17.9. The summed E-state index contributed by atoms with van der Waals surface area (Å²) in [6, 6.07) is 13.4. The lowest BCUT2D eigenvalue weighted by Crippen LogP contribution is -2.40. The third-order valence-electron chi connectivity index (χ3n) is 5.62. The Balaban J connectivity index is 1.60. The molecule has 4 rings (SSSR count). The number of anilines is 2. The average Bonchev–Trinajstić information content (AvgIpc) is 2.81. The number of carbonyl (C=O) groups excluding carboxylic acids is 1. The van der Waals surface area contributed by atoms with Crippen LogP contribution in [-0.2, 0) is 4.79 Å². The number of nitrogens with two attached hydrogens (primary N) is 1. The number of rotatable bonds is 6. The van der Waals surface area contributed by atoms with E-state index < -0.39 is 0 Å². The normalized spacial score (nSPS) is 16.5. The van der Waals surface area contributed by atoms with Gasteiger partial charge in [-0.15, -0.1) is 0 Å². The van der Waals surface area contributed by atoms with Crippen molar-refractivity contribution < 1.29 is 13.9 Å². The Morgan fingerprint density at radius 3 is 2.84 bits per heavy atom. The number of benzene rings is 2. The van der Waals surface area contributed by atoms with Crippen LogP contribution in [0.2, 0.25) is 0 Å². The van der Waals surface area contributed by atoms with E-state index in [1.807, 2.05) is 24.3 Å². The van der Waals surface area contributed by atoms with Gasteiger partial charge in [0.2, 0.25) is 11.9 Å². The lowest BCUT2D eigenvalue weighted by Gasteiger charge is -2.35. The van der Waals surface area contributed by atoms with E-state index in [0.717, 1.165) is 48.4 Å². The van der Waals surface area contributed by atoms with Crippen molar-refractivity contribution in [3.8, 4) is 16.9 Å². The van der Waals surface area contributed by atoms with Crippen molar-refractivity contribution in [2.75, 3.05) is 31.2 Å². The Labute approximate surface area is 186 Å². The molecule has 0 radical (unpaired) electrons. The van der Waals surface area contributed by atoms with Gasteiger partial charge in [0.25, 0.3) is 0 Å². The van der Waals surface area contributed by atoms with Crippen molar-refractivity contribution in [3.63, 3.8) is 0 Å². The third kappa shape index (κ3) is 5.03. The van der Waals surface area contributed by atoms with E-state index in [1.165, 1.54) is 12.1 Å². The summed E-state index contributed by atoms with van der Waals surface area (Å²) in [4.78, 5) is 23.6. The molecule has 3 N–H and O–H groups in total. The summed E-state index contributed by atoms with van der Waals surface area (Å²) in [6.45, 7) is 0.965. The maximum Gasteiger partial charge on any atom is 0.238 e. The fourth-order valence-electron chi connectivity index (χ4n) is 4.08. The van der Waals surface area contributed by atoms with Crippen LogP contribution in [0.15, 0.2) is 54.7 Å². The van der Waals surface area contributed by atoms with Crippen LogP contribution in [0.25, 0.3) is 11.1 Å². The topological polar surface area (TPSA) is 93.4 Å². The summed E-state index contributed by atoms with van der Waals surface area (Å²) in [5.41, 5.74) is 9.12. The van der Waals surface area contributed by atoms with Crippen molar-refractivity contribution in [1.82, 2.24) is 14.9 Å². The summed E-state index contributed by atoms with van der Waals surface area (Å²) in [5, 5.41) is 2.84. The number of aromatic nitrogens is 2. The molecule has 1 atom stereocenters. The Bertz CT molecular complexity index is 1090. The molecule has 1 fully saturated rings. The van der Waals surface area contributed by atoms with Crippen LogP contribution in [-0.4, -0.2) is 41.0 Å². The molecule has 1 saturated heterocycles. The van der Waals surface area contributed by atoms with Gasteiger partial charge in [-0.05, 0) is 61.3 Å². The Morgan fingerprint density at radius 1 is 1.25 bits per heavy atom. The highest BCUT2D eigenvalue weighted by molar-refractivity contribution is 5.92. The number of hydrogen-bond acceptors (Lipinski definition) is 6. The van der Waals surface area contributed by atoms with E-state index in [0.29, 0.717) is 5.69 Å². The second-order valence-electron chi connectivity index (χ2n) is 7.80. The largest absolute Gasteiger partial charge is 0.497 e. The van der Waals surface area contributed by atoms with Crippen LogP contribution in [0.4, 0.5) is 16.0 Å². The zero-order valence-corrected chi connectivity index (χ0v) is 17.9. The first-order valence-electron chi connectivity index (χ1n) is 10.6. The number of nitrogen functional groups attached to an aromatic ring is 1. The minimum atomic E-state index is -0.342. The van der Waals surface area contributed by atoms with Crippen LogP contribution in [0.1, 0.15) is 31.0 Å². The van der Waals surface area contributed by atoms with E-state index in [4.69, 9.17) is 10.5 Å². The standard InChI is InChI=1S/C24H26FN5O2/c1-32-19-6-4-5-16(13-19)20-14-27-24(26)29-23(20)21-7-2-3-12-30(21)15-22(31)28-18-10-8-17(25)9-11-18/h4-6,8-11,13-14,21H,2-3,7,12,15H2,1H3,(H,28,31)(H2,26,27,29)/t21-/m1/s1. The van der Waals surface area contributed by atoms with E-state index in [9.17, 15) is 9.18 Å². The second-order valence-corrected chi connectivity index (χ2v) is 7.80. The van der Waals surface area contributed by atoms with Gasteiger partial charge in [0.15, 0.2) is 0 Å². The number of amides is 1. The number of piperidine rings is 1. The number of ether oxygens (including phenoxy) is 1. The van der Waals surface area contributed by atoms with Gasteiger partial charge >= 0.3 is 0 Å². The van der Waals surface area contributed by atoms with Gasteiger partial charge in [-0.25, -0.2) is 14.4 Å². The van der Waals surface area contributed by atoms with Crippen molar-refractivity contribution >= 4 is 17.5 Å². The molecule has 2 heterocycles. The monoisotopic (exact) mass is 435 g/mol. The molecule has 3 aromatic rings. The van der Waals surface area contributed by atoms with Gasteiger partial charge in [-0.3, -0.25) is 9.69 Å². The minimum Gasteiger partial charge on any atom is -0.497 e. The van der Waals surface area contributed by atoms with Crippen molar-refractivity contribution in [3.05, 3.63) is 66.2 Å². The molecule has 1 aromatic heterocycles. The van der Waals surface area contributed by atoms with Crippen molar-refractivity contribution in [2.45, 2.75) is 25.3 Å². The average molecular weight is 436 g/mol. The number of carbonyl (C=O) groups is 1. The maximum absolute atomic E-state index is 13.1. The molecular formula is C24H26FN5O2. The van der Waals surface area contributed by atoms with Crippen LogP contribution in [0.3, 0.4) is 0 Å². The number of hydrogen-bond donors (Lipinski definition) is 2. The van der Waals surface area contributed by atoms with Gasteiger partial charge < -0.3 is 15.8 Å². The predicted molar refractivity (Wildman–Crippen MR) is 122 cm³/mol. The first kappa shape index (κ1) is 21.7. The second kappa shape index (κ2) is 9.74. The minimum absolute atomic E-state index is 0.0748. The van der Waals surface area contributed by atoms with Gasteiger partial charge in [0.1, 0.15) is 11.6 Å². The predicted octanol–water partition coefficient (Wildman–Crippen LogP) is 4.04. The molecule has 166 valence electrons. The highest BCUT2D eigenvalue weighted by atomic mass is 19.1. The van der Waals surface area contributed by atoms with Crippen molar-refractivity contribution in [1.29, 1.82) is 0 Å². The SMILES string of the molecule is COc1cccc(-c2cnc(N)nc2[C@H]2CCCCN2CC(=O)Nc2ccc(F)cc2)c1. The number of halogens is 1. The van der Waals surface area contributed by atoms with Gasteiger partial charge in [-0.1, -0.05) is 18.6 Å². The Hall–Kier alpha value is -3.52. The lowest BCUT2D eigenvalue weighted by atomic mass is 9.93.